The minimum absolute atomic E-state index is 0.771. The summed E-state index contributed by atoms with van der Waals surface area (Å²) in [7, 11) is 0. The highest BCUT2D eigenvalue weighted by atomic mass is 15.2. The van der Waals surface area contributed by atoms with Crippen molar-refractivity contribution in [2.24, 2.45) is 0 Å². The molecule has 0 aromatic rings. The molecule has 3 heteroatoms. The van der Waals surface area contributed by atoms with E-state index in [0.717, 1.165) is 18.1 Å². The van der Waals surface area contributed by atoms with Crippen molar-refractivity contribution >= 4 is 0 Å². The molecule has 3 saturated heterocycles. The lowest BCUT2D eigenvalue weighted by Gasteiger charge is -2.39. The Morgan fingerprint density at radius 3 is 2.79 bits per heavy atom. The van der Waals surface area contributed by atoms with E-state index in [1.807, 2.05) is 0 Å². The van der Waals surface area contributed by atoms with Crippen LogP contribution in [0.4, 0.5) is 0 Å². The molecule has 0 aromatic heterocycles. The molecule has 0 bridgehead atoms. The molecule has 0 radical (unpaired) electrons. The number of nitrogens with one attached hydrogen (secondary N) is 2. The highest BCUT2D eigenvalue weighted by Gasteiger charge is 2.32. The van der Waals surface area contributed by atoms with Crippen LogP contribution in [-0.2, 0) is 0 Å². The van der Waals surface area contributed by atoms with Crippen molar-refractivity contribution in [3.05, 3.63) is 0 Å². The fourth-order valence-corrected chi connectivity index (χ4v) is 3.12. The molecule has 3 aliphatic heterocycles. The minimum atomic E-state index is 0.771. The number of nitrogens with zero attached hydrogens (tertiary/aromatic N) is 1. The SMILES string of the molecule is C1CC2CC(NC3CNC3)CCN2C1. The van der Waals surface area contributed by atoms with Crippen LogP contribution in [0.5, 0.6) is 0 Å². The molecule has 80 valence electrons. The van der Waals surface area contributed by atoms with Gasteiger partial charge in [0, 0.05) is 31.2 Å². The standard InChI is InChI=1S/C11H21N3/c1-2-11-6-9(3-5-14(11)4-1)13-10-7-12-8-10/h9-13H,1-8H2. The van der Waals surface area contributed by atoms with Gasteiger partial charge in [0.1, 0.15) is 0 Å². The summed E-state index contributed by atoms with van der Waals surface area (Å²) in [6, 6.07) is 2.49. The third-order valence-corrected chi connectivity index (χ3v) is 4.07. The van der Waals surface area contributed by atoms with E-state index in [0.29, 0.717) is 0 Å². The first kappa shape index (κ1) is 9.13. The monoisotopic (exact) mass is 195 g/mol. The summed E-state index contributed by atoms with van der Waals surface area (Å²) in [5.74, 6) is 0. The summed E-state index contributed by atoms with van der Waals surface area (Å²) in [6.45, 7) is 5.07. The maximum Gasteiger partial charge on any atom is 0.0319 e. The molecule has 3 heterocycles. The van der Waals surface area contributed by atoms with Crippen molar-refractivity contribution in [3.8, 4) is 0 Å². The molecule has 14 heavy (non-hydrogen) atoms. The largest absolute Gasteiger partial charge is 0.314 e. The first-order valence-electron chi connectivity index (χ1n) is 6.12. The first-order valence-corrected chi connectivity index (χ1v) is 6.12. The Kier molecular flexibility index (Phi) is 2.48. The smallest absolute Gasteiger partial charge is 0.0319 e. The molecule has 2 N–H and O–H groups in total. The van der Waals surface area contributed by atoms with Gasteiger partial charge in [-0.25, -0.2) is 0 Å². The summed E-state index contributed by atoms with van der Waals surface area (Å²) < 4.78 is 0. The van der Waals surface area contributed by atoms with Crippen LogP contribution >= 0.6 is 0 Å². The second kappa shape index (κ2) is 3.80. The van der Waals surface area contributed by atoms with Crippen LogP contribution in [0.1, 0.15) is 25.7 Å². The maximum atomic E-state index is 3.78. The molecule has 0 aromatic carbocycles. The Labute approximate surface area is 86.2 Å². The fourth-order valence-electron chi connectivity index (χ4n) is 3.12. The Hall–Kier alpha value is -0.120. The van der Waals surface area contributed by atoms with E-state index in [-0.39, 0.29) is 0 Å². The Balaban J connectivity index is 1.51. The van der Waals surface area contributed by atoms with E-state index in [9.17, 15) is 0 Å². The van der Waals surface area contributed by atoms with Crippen molar-refractivity contribution in [2.75, 3.05) is 26.2 Å². The van der Waals surface area contributed by atoms with E-state index < -0.39 is 0 Å². The lowest BCUT2D eigenvalue weighted by Crippen LogP contribution is -2.60. The van der Waals surface area contributed by atoms with Crippen LogP contribution < -0.4 is 10.6 Å². The molecule has 2 atom stereocenters. The Morgan fingerprint density at radius 2 is 2.00 bits per heavy atom. The van der Waals surface area contributed by atoms with Crippen LogP contribution in [0.15, 0.2) is 0 Å². The molecular weight excluding hydrogens is 174 g/mol. The first-order chi connectivity index (χ1) is 6.92. The highest BCUT2D eigenvalue weighted by Crippen LogP contribution is 2.27. The average molecular weight is 195 g/mol. The zero-order chi connectivity index (χ0) is 9.38. The van der Waals surface area contributed by atoms with Gasteiger partial charge in [-0.1, -0.05) is 0 Å². The van der Waals surface area contributed by atoms with Crippen LogP contribution in [0.25, 0.3) is 0 Å². The van der Waals surface area contributed by atoms with E-state index in [2.05, 4.69) is 15.5 Å². The highest BCUT2D eigenvalue weighted by molar-refractivity contribution is 4.92. The molecule has 3 fully saturated rings. The molecule has 2 unspecified atom stereocenters. The summed E-state index contributed by atoms with van der Waals surface area (Å²) >= 11 is 0. The summed E-state index contributed by atoms with van der Waals surface area (Å²) in [4.78, 5) is 2.69. The van der Waals surface area contributed by atoms with Crippen LogP contribution in [0.2, 0.25) is 0 Å². The van der Waals surface area contributed by atoms with Gasteiger partial charge in [0.05, 0.1) is 0 Å². The van der Waals surface area contributed by atoms with Gasteiger partial charge in [-0.2, -0.15) is 0 Å². The minimum Gasteiger partial charge on any atom is -0.314 e. The Bertz CT molecular complexity index is 203. The second-order valence-corrected chi connectivity index (χ2v) is 5.08. The van der Waals surface area contributed by atoms with Crippen molar-refractivity contribution < 1.29 is 0 Å². The third kappa shape index (κ3) is 1.69. The van der Waals surface area contributed by atoms with Crippen molar-refractivity contribution in [1.29, 1.82) is 0 Å². The molecule has 0 spiro atoms. The molecule has 3 aliphatic rings. The lowest BCUT2D eigenvalue weighted by molar-refractivity contribution is 0.154. The van der Waals surface area contributed by atoms with E-state index in [1.165, 1.54) is 51.9 Å². The predicted octanol–water partition coefficient (Wildman–Crippen LogP) is 0.175. The molecule has 0 aliphatic carbocycles. The van der Waals surface area contributed by atoms with Crippen molar-refractivity contribution in [1.82, 2.24) is 15.5 Å². The number of hydrogen-bond donors (Lipinski definition) is 2. The normalized spacial score (nSPS) is 39.4. The summed E-state index contributed by atoms with van der Waals surface area (Å²) in [5, 5.41) is 7.10. The molecular formula is C11H21N3. The second-order valence-electron chi connectivity index (χ2n) is 5.08. The van der Waals surface area contributed by atoms with E-state index in [4.69, 9.17) is 0 Å². The number of piperidine rings is 1. The topological polar surface area (TPSA) is 27.3 Å². The van der Waals surface area contributed by atoms with Crippen molar-refractivity contribution in [2.45, 2.75) is 43.8 Å². The third-order valence-electron chi connectivity index (χ3n) is 4.07. The lowest BCUT2D eigenvalue weighted by atomic mass is 9.96. The van der Waals surface area contributed by atoms with Gasteiger partial charge in [0.15, 0.2) is 0 Å². The van der Waals surface area contributed by atoms with Gasteiger partial charge in [-0.3, -0.25) is 0 Å². The summed E-state index contributed by atoms with van der Waals surface area (Å²) in [6.07, 6.45) is 5.65. The summed E-state index contributed by atoms with van der Waals surface area (Å²) in [5.41, 5.74) is 0. The molecule has 0 saturated carbocycles. The predicted molar refractivity (Wildman–Crippen MR) is 57.4 cm³/mol. The Morgan fingerprint density at radius 1 is 1.07 bits per heavy atom. The zero-order valence-corrected chi connectivity index (χ0v) is 8.84. The van der Waals surface area contributed by atoms with Gasteiger partial charge < -0.3 is 15.5 Å². The van der Waals surface area contributed by atoms with Gasteiger partial charge in [0.25, 0.3) is 0 Å². The number of fused-ring (bicyclic) bond motifs is 1. The van der Waals surface area contributed by atoms with Crippen molar-refractivity contribution in [3.63, 3.8) is 0 Å². The van der Waals surface area contributed by atoms with Gasteiger partial charge >= 0.3 is 0 Å². The quantitative estimate of drug-likeness (QED) is 0.658. The van der Waals surface area contributed by atoms with Crippen LogP contribution in [-0.4, -0.2) is 49.2 Å². The van der Waals surface area contributed by atoms with Crippen LogP contribution in [0, 0.1) is 0 Å². The van der Waals surface area contributed by atoms with Gasteiger partial charge in [-0.05, 0) is 38.8 Å². The van der Waals surface area contributed by atoms with Gasteiger partial charge in [-0.15, -0.1) is 0 Å². The molecule has 0 amide bonds. The van der Waals surface area contributed by atoms with E-state index >= 15 is 0 Å². The zero-order valence-electron chi connectivity index (χ0n) is 8.84. The van der Waals surface area contributed by atoms with E-state index in [1.54, 1.807) is 0 Å². The fraction of sp³-hybridized carbons (Fsp3) is 1.00. The molecule has 3 rings (SSSR count). The average Bonchev–Trinajstić information content (AvgIpc) is 2.58. The van der Waals surface area contributed by atoms with Gasteiger partial charge in [0.2, 0.25) is 0 Å². The number of hydrogen-bond acceptors (Lipinski definition) is 3. The number of rotatable bonds is 2. The molecule has 3 nitrogen and oxygen atoms in total. The maximum absolute atomic E-state index is 3.78. The van der Waals surface area contributed by atoms with Crippen LogP contribution in [0.3, 0.4) is 0 Å².